The number of hydrogen-bond donors (Lipinski definition) is 0. The predicted octanol–water partition coefficient (Wildman–Crippen LogP) is 6.57. The maximum absolute atomic E-state index is 5.44. The minimum atomic E-state index is 0.700. The first kappa shape index (κ1) is 16.9. The molecule has 3 heterocycles. The number of thioether (sulfide) groups is 2. The molecule has 0 aromatic carbocycles. The van der Waals surface area contributed by atoms with Crippen molar-refractivity contribution in [3.05, 3.63) is 89.6 Å². The van der Waals surface area contributed by atoms with Crippen molar-refractivity contribution in [1.82, 2.24) is 4.98 Å². The summed E-state index contributed by atoms with van der Waals surface area (Å²) in [6, 6.07) is 7.88. The molecule has 26 heavy (non-hydrogen) atoms. The molecule has 2 aromatic rings. The Labute approximate surface area is 161 Å². The van der Waals surface area contributed by atoms with Crippen molar-refractivity contribution in [2.24, 2.45) is 4.99 Å². The van der Waals surface area contributed by atoms with Gasteiger partial charge >= 0.3 is 0 Å². The van der Waals surface area contributed by atoms with Crippen LogP contribution in [0.3, 0.4) is 0 Å². The van der Waals surface area contributed by atoms with E-state index in [0.29, 0.717) is 5.82 Å². The zero-order valence-electron chi connectivity index (χ0n) is 14.0. The van der Waals surface area contributed by atoms with Crippen LogP contribution in [0, 0.1) is 0 Å². The highest BCUT2D eigenvalue weighted by Crippen LogP contribution is 2.34. The Hall–Kier alpha value is -2.50. The van der Waals surface area contributed by atoms with Crippen LogP contribution in [0.15, 0.2) is 104 Å². The summed E-state index contributed by atoms with van der Waals surface area (Å²) in [6.07, 6.45) is 16.9. The number of allylic oxidation sites excluding steroid dienone is 7. The Kier molecular flexibility index (Phi) is 5.09. The maximum Gasteiger partial charge on any atom is 0.166 e. The summed E-state index contributed by atoms with van der Waals surface area (Å²) in [5.74, 6) is 0.700. The molecule has 0 fully saturated rings. The molecule has 0 saturated heterocycles. The third-order valence-corrected chi connectivity index (χ3v) is 5.56. The van der Waals surface area contributed by atoms with Crippen molar-refractivity contribution in [2.45, 2.75) is 16.5 Å². The lowest BCUT2D eigenvalue weighted by Gasteiger charge is -2.06. The van der Waals surface area contributed by atoms with Gasteiger partial charge in [-0.3, -0.25) is 0 Å². The molecule has 0 atom stereocenters. The molecule has 4 rings (SSSR count). The van der Waals surface area contributed by atoms with E-state index >= 15 is 0 Å². The first-order valence-electron chi connectivity index (χ1n) is 8.16. The van der Waals surface area contributed by atoms with E-state index in [2.05, 4.69) is 30.9 Å². The molecule has 0 saturated carbocycles. The fraction of sp³-hybridized carbons (Fsp3) is 0.0476. The lowest BCUT2D eigenvalue weighted by molar-refractivity contribution is 0.475. The van der Waals surface area contributed by atoms with E-state index < -0.39 is 0 Å². The Morgan fingerprint density at radius 2 is 1.96 bits per heavy atom. The molecular formula is C21H16N2OS2. The van der Waals surface area contributed by atoms with E-state index in [0.717, 1.165) is 32.7 Å². The molecule has 0 spiro atoms. The molecule has 3 nitrogen and oxygen atoms in total. The van der Waals surface area contributed by atoms with Gasteiger partial charge in [-0.1, -0.05) is 54.8 Å². The lowest BCUT2D eigenvalue weighted by atomic mass is 10.2. The summed E-state index contributed by atoms with van der Waals surface area (Å²) in [7, 11) is 0. The summed E-state index contributed by atoms with van der Waals surface area (Å²) in [6.45, 7) is 4.05. The normalized spacial score (nSPS) is 20.4. The van der Waals surface area contributed by atoms with Crippen LogP contribution in [0.5, 0.6) is 0 Å². The summed E-state index contributed by atoms with van der Waals surface area (Å²) in [5, 5.41) is 2.54. The molecule has 0 bridgehead atoms. The zero-order valence-corrected chi connectivity index (χ0v) is 15.6. The van der Waals surface area contributed by atoms with Crippen LogP contribution in [-0.2, 0) is 0 Å². The van der Waals surface area contributed by atoms with Gasteiger partial charge in [0.15, 0.2) is 10.9 Å². The largest absolute Gasteiger partial charge is 0.458 e. The number of aromatic nitrogens is 1. The molecule has 1 aliphatic heterocycles. The van der Waals surface area contributed by atoms with Crippen LogP contribution in [0.25, 0.3) is 6.08 Å². The maximum atomic E-state index is 5.44. The third-order valence-electron chi connectivity index (χ3n) is 3.69. The van der Waals surface area contributed by atoms with E-state index in [9.17, 15) is 0 Å². The van der Waals surface area contributed by atoms with E-state index in [1.807, 2.05) is 42.5 Å². The second-order valence-electron chi connectivity index (χ2n) is 5.66. The van der Waals surface area contributed by atoms with Crippen molar-refractivity contribution in [3.8, 4) is 0 Å². The molecule has 128 valence electrons. The van der Waals surface area contributed by atoms with Crippen LogP contribution >= 0.6 is 23.5 Å². The number of aliphatic imine (C=N–C) groups is 1. The fourth-order valence-electron chi connectivity index (χ4n) is 2.41. The van der Waals surface area contributed by atoms with Crippen LogP contribution in [-0.4, -0.2) is 10.0 Å². The van der Waals surface area contributed by atoms with Gasteiger partial charge in [-0.2, -0.15) is 0 Å². The molecular weight excluding hydrogens is 360 g/mol. The highest BCUT2D eigenvalue weighted by atomic mass is 32.2. The molecule has 5 heteroatoms. The number of pyridine rings is 1. The van der Waals surface area contributed by atoms with E-state index in [1.54, 1.807) is 18.0 Å². The Morgan fingerprint density at radius 1 is 1.04 bits per heavy atom. The number of nitrogens with zero attached hydrogens (tertiary/aromatic N) is 2. The van der Waals surface area contributed by atoms with Crippen molar-refractivity contribution in [2.75, 3.05) is 0 Å². The average Bonchev–Trinajstić information content (AvgIpc) is 3.33. The van der Waals surface area contributed by atoms with Crippen molar-refractivity contribution in [3.63, 3.8) is 0 Å². The average molecular weight is 377 g/mol. The van der Waals surface area contributed by atoms with Crippen molar-refractivity contribution < 1.29 is 4.42 Å². The highest BCUT2D eigenvalue weighted by molar-refractivity contribution is 8.14. The highest BCUT2D eigenvalue weighted by Gasteiger charge is 2.10. The smallest absolute Gasteiger partial charge is 0.166 e. The van der Waals surface area contributed by atoms with Crippen LogP contribution in [0.1, 0.15) is 12.0 Å². The Balaban J connectivity index is 1.70. The van der Waals surface area contributed by atoms with E-state index in [-0.39, 0.29) is 0 Å². The van der Waals surface area contributed by atoms with Gasteiger partial charge in [-0.25, -0.2) is 9.98 Å². The molecule has 2 aromatic heterocycles. The second kappa shape index (κ2) is 7.81. The molecule has 0 radical (unpaired) electrons. The quantitative estimate of drug-likeness (QED) is 0.607. The standard InChI is InChI=1S/C21H16N2OS2/c1-15-8-10-16-11-13-18(25-17-5-2-3-6-17)22-21(16)23-19(12-9-15)26-20-7-4-14-24-20/h2-5,7-14H,1,6H2/b10-8-,12-9-,23-19+. The van der Waals surface area contributed by atoms with Crippen LogP contribution in [0.2, 0.25) is 0 Å². The molecule has 0 N–H and O–H groups in total. The van der Waals surface area contributed by atoms with Gasteiger partial charge in [0.2, 0.25) is 0 Å². The molecule has 2 aliphatic rings. The van der Waals surface area contributed by atoms with Gasteiger partial charge in [0.1, 0.15) is 10.1 Å². The summed E-state index contributed by atoms with van der Waals surface area (Å²) >= 11 is 3.15. The summed E-state index contributed by atoms with van der Waals surface area (Å²) in [4.78, 5) is 10.8. The fourth-order valence-corrected chi connectivity index (χ4v) is 4.00. The lowest BCUT2D eigenvalue weighted by Crippen LogP contribution is -1.90. The summed E-state index contributed by atoms with van der Waals surface area (Å²) in [5.41, 5.74) is 1.88. The topological polar surface area (TPSA) is 38.4 Å². The van der Waals surface area contributed by atoms with Gasteiger partial charge in [-0.15, -0.1) is 0 Å². The number of furan rings is 1. The van der Waals surface area contributed by atoms with E-state index in [1.165, 1.54) is 16.7 Å². The first-order chi connectivity index (χ1) is 12.8. The minimum absolute atomic E-state index is 0.700. The molecule has 0 unspecified atom stereocenters. The van der Waals surface area contributed by atoms with Gasteiger partial charge in [-0.05, 0) is 59.0 Å². The number of fused-ring (bicyclic) bond motifs is 1. The van der Waals surface area contributed by atoms with Gasteiger partial charge < -0.3 is 4.42 Å². The third kappa shape index (κ3) is 4.18. The number of hydrogen-bond acceptors (Lipinski definition) is 5. The van der Waals surface area contributed by atoms with E-state index in [4.69, 9.17) is 14.4 Å². The van der Waals surface area contributed by atoms with Gasteiger partial charge in [0.25, 0.3) is 0 Å². The van der Waals surface area contributed by atoms with Crippen LogP contribution in [0.4, 0.5) is 5.82 Å². The summed E-state index contributed by atoms with van der Waals surface area (Å²) < 4.78 is 5.44. The monoisotopic (exact) mass is 376 g/mol. The van der Waals surface area contributed by atoms with Gasteiger partial charge in [0, 0.05) is 5.56 Å². The molecule has 0 amide bonds. The molecule has 1 aliphatic carbocycles. The Morgan fingerprint density at radius 3 is 2.77 bits per heavy atom. The zero-order chi connectivity index (χ0) is 17.8. The first-order valence-corrected chi connectivity index (χ1v) is 9.79. The Bertz CT molecular complexity index is 979. The predicted molar refractivity (Wildman–Crippen MR) is 111 cm³/mol. The second-order valence-corrected chi connectivity index (χ2v) is 7.83. The van der Waals surface area contributed by atoms with Crippen molar-refractivity contribution >= 4 is 40.5 Å². The van der Waals surface area contributed by atoms with Crippen LogP contribution < -0.4 is 0 Å². The van der Waals surface area contributed by atoms with Gasteiger partial charge in [0.05, 0.1) is 6.26 Å². The minimum Gasteiger partial charge on any atom is -0.458 e. The SMILES string of the molecule is C=C1/C=C\C(Sc2ccco2)=N/c2nc(SC3=CC=CC3)ccc2/C=C\1. The van der Waals surface area contributed by atoms with Crippen molar-refractivity contribution in [1.29, 1.82) is 0 Å². The number of rotatable bonds is 3.